The second-order valence-electron chi connectivity index (χ2n) is 6.18. The minimum atomic E-state index is -0.157. The molecule has 0 spiro atoms. The molecule has 2 unspecified atom stereocenters. The standard InChI is InChI=1S/C18H28N2O2/c1-14-8-5-6-11-17(14)22-13-7-12-20-16-10-4-2-3-9-15(16)18(19)21/h5-6,8,11,15-16,20H,2-4,7,9-10,12-13H2,1H3,(H2,19,21). The van der Waals surface area contributed by atoms with Gasteiger partial charge >= 0.3 is 0 Å². The Morgan fingerprint density at radius 2 is 2.05 bits per heavy atom. The molecule has 22 heavy (non-hydrogen) atoms. The number of hydrogen-bond acceptors (Lipinski definition) is 3. The number of nitrogens with two attached hydrogens (primary N) is 1. The molecule has 1 fully saturated rings. The molecule has 122 valence electrons. The zero-order valence-corrected chi connectivity index (χ0v) is 13.5. The molecule has 2 atom stereocenters. The highest BCUT2D eigenvalue weighted by atomic mass is 16.5. The van der Waals surface area contributed by atoms with Crippen molar-refractivity contribution in [2.75, 3.05) is 13.2 Å². The van der Waals surface area contributed by atoms with Gasteiger partial charge in [0.2, 0.25) is 5.91 Å². The van der Waals surface area contributed by atoms with Crippen molar-refractivity contribution in [2.45, 2.75) is 51.5 Å². The molecule has 1 aliphatic carbocycles. The lowest BCUT2D eigenvalue weighted by atomic mass is 9.94. The summed E-state index contributed by atoms with van der Waals surface area (Å²) in [5.41, 5.74) is 6.71. The van der Waals surface area contributed by atoms with E-state index in [1.54, 1.807) is 0 Å². The Morgan fingerprint density at radius 1 is 1.27 bits per heavy atom. The van der Waals surface area contributed by atoms with E-state index >= 15 is 0 Å². The first-order chi connectivity index (χ1) is 10.7. The van der Waals surface area contributed by atoms with Gasteiger partial charge in [-0.25, -0.2) is 0 Å². The molecule has 1 aliphatic rings. The molecule has 1 amide bonds. The lowest BCUT2D eigenvalue weighted by Gasteiger charge is -2.23. The number of para-hydroxylation sites is 1. The molecule has 4 heteroatoms. The maximum Gasteiger partial charge on any atom is 0.222 e. The quantitative estimate of drug-likeness (QED) is 0.601. The summed E-state index contributed by atoms with van der Waals surface area (Å²) in [5.74, 6) is 0.780. The van der Waals surface area contributed by atoms with Crippen molar-refractivity contribution < 1.29 is 9.53 Å². The van der Waals surface area contributed by atoms with E-state index in [4.69, 9.17) is 10.5 Å². The molecule has 1 saturated carbocycles. The molecule has 2 rings (SSSR count). The van der Waals surface area contributed by atoms with Gasteiger partial charge < -0.3 is 15.8 Å². The predicted molar refractivity (Wildman–Crippen MR) is 88.9 cm³/mol. The Hall–Kier alpha value is -1.55. The maximum absolute atomic E-state index is 11.6. The summed E-state index contributed by atoms with van der Waals surface area (Å²) in [6.45, 7) is 3.60. The Kier molecular flexibility index (Phi) is 6.72. The monoisotopic (exact) mass is 304 g/mol. The number of benzene rings is 1. The molecule has 3 N–H and O–H groups in total. The Bertz CT molecular complexity index is 476. The first-order valence-corrected chi connectivity index (χ1v) is 8.39. The average molecular weight is 304 g/mol. The normalized spacial score (nSPS) is 22.0. The molecule has 1 aromatic rings. The maximum atomic E-state index is 11.6. The van der Waals surface area contributed by atoms with E-state index < -0.39 is 0 Å². The van der Waals surface area contributed by atoms with Crippen molar-refractivity contribution in [3.05, 3.63) is 29.8 Å². The molecule has 0 aliphatic heterocycles. The first kappa shape index (κ1) is 16.8. The summed E-state index contributed by atoms with van der Waals surface area (Å²) in [6.07, 6.45) is 6.40. The third-order valence-corrected chi connectivity index (χ3v) is 4.46. The second-order valence-corrected chi connectivity index (χ2v) is 6.18. The van der Waals surface area contributed by atoms with E-state index in [0.29, 0.717) is 6.61 Å². The minimum Gasteiger partial charge on any atom is -0.493 e. The van der Waals surface area contributed by atoms with Crippen LogP contribution in [0.25, 0.3) is 0 Å². The van der Waals surface area contributed by atoms with Gasteiger partial charge in [0.15, 0.2) is 0 Å². The topological polar surface area (TPSA) is 64.3 Å². The van der Waals surface area contributed by atoms with Crippen molar-refractivity contribution in [1.82, 2.24) is 5.32 Å². The predicted octanol–water partition coefficient (Wildman–Crippen LogP) is 2.79. The third kappa shape index (κ3) is 5.02. The van der Waals surface area contributed by atoms with E-state index in [9.17, 15) is 4.79 Å². The van der Waals surface area contributed by atoms with Gasteiger partial charge in [0, 0.05) is 6.04 Å². The highest BCUT2D eigenvalue weighted by Crippen LogP contribution is 2.23. The van der Waals surface area contributed by atoms with E-state index in [0.717, 1.165) is 43.5 Å². The number of aryl methyl sites for hydroxylation is 1. The van der Waals surface area contributed by atoms with E-state index in [1.807, 2.05) is 18.2 Å². The summed E-state index contributed by atoms with van der Waals surface area (Å²) in [7, 11) is 0. The number of carbonyl (C=O) groups excluding carboxylic acids is 1. The van der Waals surface area contributed by atoms with Crippen LogP contribution in [-0.4, -0.2) is 25.1 Å². The number of carbonyl (C=O) groups is 1. The molecule has 1 aromatic carbocycles. The van der Waals surface area contributed by atoms with Crippen LogP contribution in [0.3, 0.4) is 0 Å². The van der Waals surface area contributed by atoms with Crippen LogP contribution in [0.1, 0.15) is 44.1 Å². The van der Waals surface area contributed by atoms with Crippen molar-refractivity contribution >= 4 is 5.91 Å². The molecule has 0 bridgehead atoms. The van der Waals surface area contributed by atoms with E-state index in [-0.39, 0.29) is 17.9 Å². The van der Waals surface area contributed by atoms with Crippen molar-refractivity contribution in [3.8, 4) is 5.75 Å². The van der Waals surface area contributed by atoms with E-state index in [1.165, 1.54) is 12.8 Å². The number of nitrogens with one attached hydrogen (secondary N) is 1. The van der Waals surface area contributed by atoms with Crippen LogP contribution in [0.15, 0.2) is 24.3 Å². The summed E-state index contributed by atoms with van der Waals surface area (Å²) < 4.78 is 5.79. The fourth-order valence-corrected chi connectivity index (χ4v) is 3.15. The molecule has 4 nitrogen and oxygen atoms in total. The van der Waals surface area contributed by atoms with Gasteiger partial charge in [-0.2, -0.15) is 0 Å². The van der Waals surface area contributed by atoms with Gasteiger partial charge in [-0.3, -0.25) is 4.79 Å². The highest BCUT2D eigenvalue weighted by Gasteiger charge is 2.27. The zero-order valence-electron chi connectivity index (χ0n) is 13.5. The number of rotatable bonds is 7. The number of amides is 1. The lowest BCUT2D eigenvalue weighted by molar-refractivity contribution is -0.122. The summed E-state index contributed by atoms with van der Waals surface area (Å²) in [4.78, 5) is 11.6. The largest absolute Gasteiger partial charge is 0.493 e. The van der Waals surface area contributed by atoms with Crippen LogP contribution in [0.5, 0.6) is 5.75 Å². The minimum absolute atomic E-state index is 0.0141. The van der Waals surface area contributed by atoms with Gasteiger partial charge in [0.1, 0.15) is 5.75 Å². The second kappa shape index (κ2) is 8.79. The number of ether oxygens (including phenoxy) is 1. The van der Waals surface area contributed by atoms with Gasteiger partial charge in [-0.15, -0.1) is 0 Å². The number of hydrogen-bond donors (Lipinski definition) is 2. The van der Waals surface area contributed by atoms with Gasteiger partial charge in [-0.05, 0) is 44.4 Å². The molecule has 0 saturated heterocycles. The summed E-state index contributed by atoms with van der Waals surface area (Å²) >= 11 is 0. The summed E-state index contributed by atoms with van der Waals surface area (Å²) in [5, 5.41) is 3.51. The fourth-order valence-electron chi connectivity index (χ4n) is 3.15. The van der Waals surface area contributed by atoms with Crippen molar-refractivity contribution in [1.29, 1.82) is 0 Å². The van der Waals surface area contributed by atoms with Crippen LogP contribution in [0.4, 0.5) is 0 Å². The van der Waals surface area contributed by atoms with Crippen LogP contribution in [0.2, 0.25) is 0 Å². The van der Waals surface area contributed by atoms with Crippen LogP contribution in [0, 0.1) is 12.8 Å². The molecule has 0 radical (unpaired) electrons. The third-order valence-electron chi connectivity index (χ3n) is 4.46. The van der Waals surface area contributed by atoms with Gasteiger partial charge in [-0.1, -0.05) is 37.5 Å². The van der Waals surface area contributed by atoms with Gasteiger partial charge in [0.05, 0.1) is 12.5 Å². The Labute approximate surface area is 133 Å². The number of primary amides is 1. The van der Waals surface area contributed by atoms with E-state index in [2.05, 4.69) is 18.3 Å². The SMILES string of the molecule is Cc1ccccc1OCCCNC1CCCCCC1C(N)=O. The molecular weight excluding hydrogens is 276 g/mol. The Balaban J connectivity index is 1.70. The fraction of sp³-hybridized carbons (Fsp3) is 0.611. The molecule has 0 heterocycles. The Morgan fingerprint density at radius 3 is 2.82 bits per heavy atom. The van der Waals surface area contributed by atoms with Crippen LogP contribution >= 0.6 is 0 Å². The van der Waals surface area contributed by atoms with Crippen molar-refractivity contribution in [2.24, 2.45) is 11.7 Å². The molecule has 0 aromatic heterocycles. The summed E-state index contributed by atoms with van der Waals surface area (Å²) in [6, 6.07) is 8.29. The molecular formula is C18H28N2O2. The van der Waals surface area contributed by atoms with Crippen LogP contribution < -0.4 is 15.8 Å². The average Bonchev–Trinajstić information content (AvgIpc) is 2.74. The smallest absolute Gasteiger partial charge is 0.222 e. The van der Waals surface area contributed by atoms with Crippen molar-refractivity contribution in [3.63, 3.8) is 0 Å². The first-order valence-electron chi connectivity index (χ1n) is 8.39. The lowest BCUT2D eigenvalue weighted by Crippen LogP contribution is -2.42. The van der Waals surface area contributed by atoms with Crippen LogP contribution in [-0.2, 0) is 4.79 Å². The zero-order chi connectivity index (χ0) is 15.8. The van der Waals surface area contributed by atoms with Gasteiger partial charge in [0.25, 0.3) is 0 Å². The highest BCUT2D eigenvalue weighted by molar-refractivity contribution is 5.77.